The van der Waals surface area contributed by atoms with Gasteiger partial charge in [-0.15, -0.1) is 0 Å². The van der Waals surface area contributed by atoms with Crippen molar-refractivity contribution in [2.45, 2.75) is 26.2 Å². The van der Waals surface area contributed by atoms with Crippen LogP contribution in [0.4, 0.5) is 0 Å². The van der Waals surface area contributed by atoms with Crippen LogP contribution in [0.2, 0.25) is 0 Å². The summed E-state index contributed by atoms with van der Waals surface area (Å²) >= 11 is 0. The summed E-state index contributed by atoms with van der Waals surface area (Å²) in [6.07, 6.45) is 8.57. The average Bonchev–Trinajstić information content (AvgIpc) is 2.89. The quantitative estimate of drug-likeness (QED) is 0.507. The zero-order valence-electron chi connectivity index (χ0n) is 20.0. The average molecular weight is 450 g/mol. The Balaban J connectivity index is 1.38. The number of guanidine groups is 1. The molecule has 0 bridgehead atoms. The van der Waals surface area contributed by atoms with Gasteiger partial charge in [-0.05, 0) is 64.9 Å². The summed E-state index contributed by atoms with van der Waals surface area (Å²) in [5.74, 6) is 1.29. The molecule has 5 nitrogen and oxygen atoms in total. The van der Waals surface area contributed by atoms with Gasteiger partial charge in [0.15, 0.2) is 0 Å². The van der Waals surface area contributed by atoms with Gasteiger partial charge >= 0.3 is 0 Å². The van der Waals surface area contributed by atoms with Gasteiger partial charge in [0.2, 0.25) is 5.96 Å². The summed E-state index contributed by atoms with van der Waals surface area (Å²) < 4.78 is 0. The van der Waals surface area contributed by atoms with Gasteiger partial charge in [-0.25, -0.2) is 15.0 Å². The molecule has 0 N–H and O–H groups in total. The minimum Gasteiger partial charge on any atom is -0.342 e. The van der Waals surface area contributed by atoms with Crippen molar-refractivity contribution in [2.75, 3.05) is 20.1 Å². The van der Waals surface area contributed by atoms with Gasteiger partial charge in [0.25, 0.3) is 0 Å². The summed E-state index contributed by atoms with van der Waals surface area (Å²) in [5, 5.41) is 2.57. The molecule has 172 valence electrons. The minimum absolute atomic E-state index is 0.374. The van der Waals surface area contributed by atoms with Crippen LogP contribution in [-0.4, -0.2) is 45.9 Å². The predicted molar refractivity (Wildman–Crippen MR) is 141 cm³/mol. The first-order valence-corrected chi connectivity index (χ1v) is 12.0. The molecule has 1 aromatic heterocycles. The Morgan fingerprint density at radius 3 is 2.74 bits per heavy atom. The Kier molecular flexibility index (Phi) is 6.01. The molecule has 0 spiro atoms. The highest BCUT2D eigenvalue weighted by Crippen LogP contribution is 2.33. The number of rotatable bonds is 4. The molecule has 2 aliphatic heterocycles. The number of nitrogens with zero attached hydrogens (tertiary/aromatic N) is 5. The number of aryl methyl sites for hydroxylation is 1. The molecule has 1 saturated heterocycles. The van der Waals surface area contributed by atoms with Crippen LogP contribution in [0.5, 0.6) is 0 Å². The number of aromatic nitrogens is 2. The molecule has 0 amide bonds. The van der Waals surface area contributed by atoms with Crippen LogP contribution >= 0.6 is 0 Å². The molecule has 0 radical (unpaired) electrons. The molecular weight excluding hydrogens is 418 g/mol. The third-order valence-electron chi connectivity index (χ3n) is 6.98. The fourth-order valence-corrected chi connectivity index (χ4v) is 4.85. The number of aliphatic imine (C=N–C) groups is 1. The van der Waals surface area contributed by atoms with Crippen LogP contribution in [0.25, 0.3) is 22.0 Å². The van der Waals surface area contributed by atoms with E-state index >= 15 is 0 Å². The lowest BCUT2D eigenvalue weighted by molar-refractivity contribution is 0.275. The number of likely N-dealkylation sites (tertiary alicyclic amines) is 1. The van der Waals surface area contributed by atoms with Crippen LogP contribution in [0, 0.1) is 5.92 Å². The Morgan fingerprint density at radius 2 is 1.94 bits per heavy atom. The first-order valence-electron chi connectivity index (χ1n) is 12.0. The van der Waals surface area contributed by atoms with E-state index in [2.05, 4.69) is 76.2 Å². The van der Waals surface area contributed by atoms with Crippen molar-refractivity contribution >= 4 is 28.0 Å². The number of hydrogen-bond acceptors (Lipinski definition) is 5. The van der Waals surface area contributed by atoms with E-state index in [-0.39, 0.29) is 0 Å². The Hall–Kier alpha value is -3.73. The van der Waals surface area contributed by atoms with E-state index in [9.17, 15) is 0 Å². The van der Waals surface area contributed by atoms with Gasteiger partial charge in [-0.3, -0.25) is 0 Å². The molecule has 2 aliphatic rings. The van der Waals surface area contributed by atoms with Crippen LogP contribution in [-0.2, 0) is 6.42 Å². The van der Waals surface area contributed by atoms with Crippen LogP contribution in [0.3, 0.4) is 0 Å². The predicted octanol–water partition coefficient (Wildman–Crippen LogP) is 5.77. The van der Waals surface area contributed by atoms with E-state index in [1.54, 1.807) is 12.5 Å². The van der Waals surface area contributed by atoms with Gasteiger partial charge in [-0.2, -0.15) is 0 Å². The highest BCUT2D eigenvalue weighted by Gasteiger charge is 2.29. The number of fused-ring (bicyclic) bond motifs is 1. The maximum Gasteiger partial charge on any atom is 0.206 e. The standard InChI is InChI=1S/C29H31N5/c1-5-22-8-9-25-17-23(10-11-24(25)16-22)21(3)26-7-6-14-34(18-26)29-32-28(15-20(2)33(29)4)27-12-13-30-19-31-27/h8-13,15-17,19,26H,2-3,5-7,14,18H2,1,4H3. The molecule has 0 saturated carbocycles. The van der Waals surface area contributed by atoms with E-state index in [1.807, 2.05) is 19.2 Å². The molecule has 2 aromatic carbocycles. The van der Waals surface area contributed by atoms with E-state index < -0.39 is 0 Å². The first-order chi connectivity index (χ1) is 16.5. The van der Waals surface area contributed by atoms with Crippen LogP contribution in [0.1, 0.15) is 36.6 Å². The highest BCUT2D eigenvalue weighted by atomic mass is 15.4. The van der Waals surface area contributed by atoms with Gasteiger partial charge < -0.3 is 9.80 Å². The second-order valence-electron chi connectivity index (χ2n) is 9.15. The molecule has 3 aromatic rings. The van der Waals surface area contributed by atoms with E-state index in [1.165, 1.54) is 27.5 Å². The number of benzene rings is 2. The molecule has 34 heavy (non-hydrogen) atoms. The Labute approximate surface area is 201 Å². The zero-order valence-corrected chi connectivity index (χ0v) is 20.0. The Bertz CT molecular complexity index is 1300. The van der Waals surface area contributed by atoms with Gasteiger partial charge in [0, 0.05) is 37.9 Å². The molecule has 5 rings (SSSR count). The van der Waals surface area contributed by atoms with Crippen LogP contribution in [0.15, 0.2) is 84.9 Å². The largest absolute Gasteiger partial charge is 0.342 e. The lowest BCUT2D eigenvalue weighted by Crippen LogP contribution is -2.47. The summed E-state index contributed by atoms with van der Waals surface area (Å²) in [5.41, 5.74) is 6.34. The fourth-order valence-electron chi connectivity index (χ4n) is 4.85. The second-order valence-corrected chi connectivity index (χ2v) is 9.15. The molecule has 1 fully saturated rings. The monoisotopic (exact) mass is 449 g/mol. The SMILES string of the molecule is C=C(c1ccc2cc(CC)ccc2c1)C1CCCN(C2=NC(c3ccncn3)=CC(=C)N2C)C1. The third kappa shape index (κ3) is 4.26. The number of hydrogen-bond donors (Lipinski definition) is 0. The summed E-state index contributed by atoms with van der Waals surface area (Å²) in [7, 11) is 2.03. The molecule has 5 heteroatoms. The minimum atomic E-state index is 0.374. The lowest BCUT2D eigenvalue weighted by atomic mass is 9.86. The van der Waals surface area contributed by atoms with Gasteiger partial charge in [-0.1, -0.05) is 50.4 Å². The maximum absolute atomic E-state index is 4.98. The highest BCUT2D eigenvalue weighted by molar-refractivity contribution is 5.91. The fraction of sp³-hybridized carbons (Fsp3) is 0.276. The smallest absolute Gasteiger partial charge is 0.206 e. The molecular formula is C29H31N5. The van der Waals surface area contributed by atoms with E-state index in [4.69, 9.17) is 4.99 Å². The number of allylic oxidation sites excluding steroid dienone is 1. The summed E-state index contributed by atoms with van der Waals surface area (Å²) in [4.78, 5) is 17.8. The summed E-state index contributed by atoms with van der Waals surface area (Å²) in [6, 6.07) is 15.4. The number of likely N-dealkylation sites (N-methyl/N-ethyl adjacent to an activating group) is 1. The van der Waals surface area contributed by atoms with Crippen molar-refractivity contribution < 1.29 is 0 Å². The zero-order chi connectivity index (χ0) is 23.7. The molecule has 1 unspecified atom stereocenters. The normalized spacial score (nSPS) is 18.6. The van der Waals surface area contributed by atoms with Crippen molar-refractivity contribution in [3.8, 4) is 0 Å². The molecule has 0 aliphatic carbocycles. The lowest BCUT2D eigenvalue weighted by Gasteiger charge is -2.40. The topological polar surface area (TPSA) is 44.6 Å². The van der Waals surface area contributed by atoms with Gasteiger partial charge in [0.1, 0.15) is 6.33 Å². The van der Waals surface area contributed by atoms with Crippen molar-refractivity contribution in [2.24, 2.45) is 10.9 Å². The first kappa shape index (κ1) is 22.1. The second kappa shape index (κ2) is 9.26. The molecule has 1 atom stereocenters. The van der Waals surface area contributed by atoms with Crippen molar-refractivity contribution in [1.29, 1.82) is 0 Å². The third-order valence-corrected chi connectivity index (χ3v) is 6.98. The van der Waals surface area contributed by atoms with Crippen molar-refractivity contribution in [3.63, 3.8) is 0 Å². The van der Waals surface area contributed by atoms with Gasteiger partial charge in [0.05, 0.1) is 11.4 Å². The maximum atomic E-state index is 4.98. The van der Waals surface area contributed by atoms with Crippen molar-refractivity contribution in [3.05, 3.63) is 96.7 Å². The van der Waals surface area contributed by atoms with E-state index in [0.29, 0.717) is 5.92 Å². The number of piperidine rings is 1. The Morgan fingerprint density at radius 1 is 1.12 bits per heavy atom. The van der Waals surface area contributed by atoms with Crippen LogP contribution < -0.4 is 0 Å². The molecule has 3 heterocycles. The van der Waals surface area contributed by atoms with E-state index in [0.717, 1.165) is 55.4 Å². The van der Waals surface area contributed by atoms with Crippen molar-refractivity contribution in [1.82, 2.24) is 19.8 Å². The summed E-state index contributed by atoms with van der Waals surface area (Å²) in [6.45, 7) is 12.8.